The fourth-order valence-corrected chi connectivity index (χ4v) is 2.44. The maximum Gasteiger partial charge on any atom is 0.105 e. The highest BCUT2D eigenvalue weighted by Gasteiger charge is 2.14. The van der Waals surface area contributed by atoms with Crippen LogP contribution in [0.25, 0.3) is 0 Å². The molecule has 0 N–H and O–H groups in total. The van der Waals surface area contributed by atoms with Gasteiger partial charge in [-0.15, -0.1) is 0 Å². The summed E-state index contributed by atoms with van der Waals surface area (Å²) in [5.41, 5.74) is 1.20. The van der Waals surface area contributed by atoms with E-state index < -0.39 is 0 Å². The Kier molecular flexibility index (Phi) is 3.85. The van der Waals surface area contributed by atoms with E-state index in [2.05, 4.69) is 29.5 Å². The summed E-state index contributed by atoms with van der Waals surface area (Å²) in [5, 5.41) is 2.10. The Hall–Kier alpha value is -1.00. The Balaban J connectivity index is 1.99. The van der Waals surface area contributed by atoms with E-state index in [0.717, 1.165) is 36.4 Å². The average molecular weight is 236 g/mol. The van der Waals surface area contributed by atoms with Gasteiger partial charge in [-0.2, -0.15) is 0 Å². The molecule has 0 aliphatic carbocycles. The molecule has 0 radical (unpaired) electrons. The van der Waals surface area contributed by atoms with Crippen LogP contribution in [0.4, 0.5) is 0 Å². The third kappa shape index (κ3) is 2.77. The molecule has 0 amide bonds. The molecular weight excluding hydrogens is 220 g/mol. The van der Waals surface area contributed by atoms with Crippen molar-refractivity contribution in [3.05, 3.63) is 35.5 Å². The van der Waals surface area contributed by atoms with E-state index in [-0.39, 0.29) is 0 Å². The SMILES string of the molecule is C=C(Sc1ncccc1C)N1CCOCC1. The first-order chi connectivity index (χ1) is 7.77. The first-order valence-corrected chi connectivity index (χ1v) is 6.20. The lowest BCUT2D eigenvalue weighted by atomic mass is 10.3. The highest BCUT2D eigenvalue weighted by atomic mass is 32.2. The summed E-state index contributed by atoms with van der Waals surface area (Å²) in [4.78, 5) is 6.61. The maximum atomic E-state index is 5.32. The number of rotatable bonds is 3. The van der Waals surface area contributed by atoms with Gasteiger partial charge in [-0.3, -0.25) is 0 Å². The van der Waals surface area contributed by atoms with Gasteiger partial charge in [0.05, 0.1) is 18.2 Å². The van der Waals surface area contributed by atoms with Crippen LogP contribution in [-0.4, -0.2) is 36.2 Å². The lowest BCUT2D eigenvalue weighted by molar-refractivity contribution is 0.0578. The number of thioether (sulfide) groups is 1. The molecule has 1 fully saturated rings. The van der Waals surface area contributed by atoms with Gasteiger partial charge in [-0.05, 0) is 18.6 Å². The zero-order chi connectivity index (χ0) is 11.4. The molecule has 16 heavy (non-hydrogen) atoms. The fourth-order valence-electron chi connectivity index (χ4n) is 1.57. The van der Waals surface area contributed by atoms with Gasteiger partial charge in [0.2, 0.25) is 0 Å². The van der Waals surface area contributed by atoms with Crippen LogP contribution < -0.4 is 0 Å². The van der Waals surface area contributed by atoms with Crippen LogP contribution in [0.1, 0.15) is 5.56 Å². The third-order valence-corrected chi connectivity index (χ3v) is 3.65. The van der Waals surface area contributed by atoms with Crippen molar-refractivity contribution < 1.29 is 4.74 Å². The quantitative estimate of drug-likeness (QED) is 0.752. The van der Waals surface area contributed by atoms with Gasteiger partial charge in [-0.1, -0.05) is 24.4 Å². The van der Waals surface area contributed by atoms with E-state index in [4.69, 9.17) is 4.74 Å². The molecule has 0 saturated carbocycles. The third-order valence-electron chi connectivity index (χ3n) is 2.54. The van der Waals surface area contributed by atoms with Gasteiger partial charge in [-0.25, -0.2) is 4.98 Å². The van der Waals surface area contributed by atoms with Crippen molar-refractivity contribution in [2.24, 2.45) is 0 Å². The van der Waals surface area contributed by atoms with Crippen molar-refractivity contribution in [3.63, 3.8) is 0 Å². The fraction of sp³-hybridized carbons (Fsp3) is 0.417. The summed E-state index contributed by atoms with van der Waals surface area (Å²) in [6.45, 7) is 9.62. The molecule has 2 rings (SSSR count). The molecule has 1 aromatic heterocycles. The van der Waals surface area contributed by atoms with Gasteiger partial charge in [0.25, 0.3) is 0 Å². The molecule has 4 heteroatoms. The van der Waals surface area contributed by atoms with Crippen LogP contribution in [0.2, 0.25) is 0 Å². The molecule has 86 valence electrons. The van der Waals surface area contributed by atoms with E-state index >= 15 is 0 Å². The van der Waals surface area contributed by atoms with Crippen molar-refractivity contribution in [2.45, 2.75) is 11.9 Å². The van der Waals surface area contributed by atoms with Crippen LogP contribution in [0.3, 0.4) is 0 Å². The Morgan fingerprint density at radius 2 is 2.25 bits per heavy atom. The molecule has 3 nitrogen and oxygen atoms in total. The molecule has 0 atom stereocenters. The number of nitrogens with zero attached hydrogens (tertiary/aromatic N) is 2. The number of ether oxygens (including phenoxy) is 1. The Bertz CT molecular complexity index is 375. The van der Waals surface area contributed by atoms with Gasteiger partial charge in [0.15, 0.2) is 0 Å². The van der Waals surface area contributed by atoms with Crippen LogP contribution in [-0.2, 0) is 4.74 Å². The van der Waals surface area contributed by atoms with Gasteiger partial charge in [0.1, 0.15) is 5.03 Å². The minimum atomic E-state index is 0.792. The molecule has 0 bridgehead atoms. The van der Waals surface area contributed by atoms with E-state index in [1.54, 1.807) is 11.8 Å². The number of aryl methyl sites for hydroxylation is 1. The standard InChI is InChI=1S/C12H16N2OS/c1-10-4-3-5-13-12(10)16-11(2)14-6-8-15-9-7-14/h3-5H,2,6-9H2,1H3. The second-order valence-corrected chi connectivity index (χ2v) is 4.78. The maximum absolute atomic E-state index is 5.32. The number of pyridine rings is 1. The molecule has 1 aliphatic rings. The van der Waals surface area contributed by atoms with Crippen molar-refractivity contribution in [2.75, 3.05) is 26.3 Å². The van der Waals surface area contributed by atoms with Crippen molar-refractivity contribution in [3.8, 4) is 0 Å². The highest BCUT2D eigenvalue weighted by molar-refractivity contribution is 8.03. The minimum absolute atomic E-state index is 0.792. The van der Waals surface area contributed by atoms with Crippen molar-refractivity contribution in [1.29, 1.82) is 0 Å². The van der Waals surface area contributed by atoms with Gasteiger partial charge in [0, 0.05) is 19.3 Å². The predicted octanol–water partition coefficient (Wildman–Crippen LogP) is 2.29. The molecule has 0 aromatic carbocycles. The number of hydrogen-bond donors (Lipinski definition) is 0. The molecule has 2 heterocycles. The molecule has 1 saturated heterocycles. The Labute approximate surface area is 101 Å². The zero-order valence-corrected chi connectivity index (χ0v) is 10.3. The van der Waals surface area contributed by atoms with E-state index in [9.17, 15) is 0 Å². The first-order valence-electron chi connectivity index (χ1n) is 5.38. The number of morpholine rings is 1. The summed E-state index contributed by atoms with van der Waals surface area (Å²) in [7, 11) is 0. The highest BCUT2D eigenvalue weighted by Crippen LogP contribution is 2.28. The molecule has 1 aromatic rings. The lowest BCUT2D eigenvalue weighted by Gasteiger charge is -2.29. The second kappa shape index (κ2) is 5.37. The normalized spacial score (nSPS) is 16.2. The Morgan fingerprint density at radius 3 is 2.94 bits per heavy atom. The van der Waals surface area contributed by atoms with Gasteiger partial charge < -0.3 is 9.64 Å². The summed E-state index contributed by atoms with van der Waals surface area (Å²) in [6, 6.07) is 4.03. The minimum Gasteiger partial charge on any atom is -0.378 e. The van der Waals surface area contributed by atoms with E-state index in [1.165, 1.54) is 5.56 Å². The summed E-state index contributed by atoms with van der Waals surface area (Å²) < 4.78 is 5.32. The van der Waals surface area contributed by atoms with E-state index in [0.29, 0.717) is 0 Å². The summed E-state index contributed by atoms with van der Waals surface area (Å²) in [5.74, 6) is 0. The van der Waals surface area contributed by atoms with Crippen molar-refractivity contribution in [1.82, 2.24) is 9.88 Å². The van der Waals surface area contributed by atoms with Crippen molar-refractivity contribution >= 4 is 11.8 Å². The zero-order valence-electron chi connectivity index (χ0n) is 9.48. The van der Waals surface area contributed by atoms with Crippen LogP contribution in [0, 0.1) is 6.92 Å². The van der Waals surface area contributed by atoms with Gasteiger partial charge >= 0.3 is 0 Å². The average Bonchev–Trinajstić information content (AvgIpc) is 2.33. The molecule has 0 spiro atoms. The monoisotopic (exact) mass is 236 g/mol. The summed E-state index contributed by atoms with van der Waals surface area (Å²) in [6.07, 6.45) is 1.82. The van der Waals surface area contributed by atoms with E-state index in [1.807, 2.05) is 12.3 Å². The topological polar surface area (TPSA) is 25.4 Å². The molecular formula is C12H16N2OS. The first kappa shape index (κ1) is 11.5. The number of hydrogen-bond acceptors (Lipinski definition) is 4. The second-order valence-electron chi connectivity index (χ2n) is 3.72. The molecule has 1 aliphatic heterocycles. The van der Waals surface area contributed by atoms with Crippen LogP contribution >= 0.6 is 11.8 Å². The van der Waals surface area contributed by atoms with Crippen LogP contribution in [0.15, 0.2) is 35.0 Å². The van der Waals surface area contributed by atoms with Crippen LogP contribution in [0.5, 0.6) is 0 Å². The smallest absolute Gasteiger partial charge is 0.105 e. The summed E-state index contributed by atoms with van der Waals surface area (Å²) >= 11 is 1.64. The largest absolute Gasteiger partial charge is 0.378 e. The number of aromatic nitrogens is 1. The Morgan fingerprint density at radius 1 is 1.50 bits per heavy atom. The predicted molar refractivity (Wildman–Crippen MR) is 66.4 cm³/mol. The molecule has 0 unspecified atom stereocenters. The lowest BCUT2D eigenvalue weighted by Crippen LogP contribution is -2.34.